The van der Waals surface area contributed by atoms with Gasteiger partial charge in [-0.3, -0.25) is 4.79 Å². The first-order chi connectivity index (χ1) is 16.4. The third-order valence-corrected chi connectivity index (χ3v) is 6.46. The van der Waals surface area contributed by atoms with Crippen LogP contribution in [0.4, 0.5) is 22.1 Å². The summed E-state index contributed by atoms with van der Waals surface area (Å²) in [5.41, 5.74) is 7.81. The highest BCUT2D eigenvalue weighted by Crippen LogP contribution is 2.28. The molecule has 1 aromatic heterocycles. The monoisotopic (exact) mass is 466 g/mol. The highest BCUT2D eigenvalue weighted by molar-refractivity contribution is 5.96. The van der Waals surface area contributed by atoms with E-state index in [1.165, 1.54) is 10.5 Å². The number of piperidine rings is 2. The van der Waals surface area contributed by atoms with Crippen molar-refractivity contribution in [2.24, 2.45) is 5.73 Å². The predicted octanol–water partition coefficient (Wildman–Crippen LogP) is 2.03. The molecule has 2 aromatic rings. The Balaban J connectivity index is 1.50. The maximum Gasteiger partial charge on any atom is 0.317 e. The number of nitrogens with two attached hydrogens (primary N) is 1. The Morgan fingerprint density at radius 2 is 1.88 bits per heavy atom. The highest BCUT2D eigenvalue weighted by atomic mass is 16.2. The second-order valence-corrected chi connectivity index (χ2v) is 9.19. The minimum atomic E-state index is -0.636. The van der Waals surface area contributed by atoms with Crippen molar-refractivity contribution >= 4 is 29.3 Å². The number of benzene rings is 1. The summed E-state index contributed by atoms with van der Waals surface area (Å²) in [4.78, 5) is 36.7. The van der Waals surface area contributed by atoms with Crippen molar-refractivity contribution in [3.05, 3.63) is 41.7 Å². The van der Waals surface area contributed by atoms with E-state index in [-0.39, 0.29) is 17.8 Å². The molecule has 0 aliphatic carbocycles. The lowest BCUT2D eigenvalue weighted by Crippen LogP contribution is -2.50. The molecule has 3 amide bonds. The fourth-order valence-electron chi connectivity index (χ4n) is 4.54. The van der Waals surface area contributed by atoms with Crippen LogP contribution in [0.15, 0.2) is 30.5 Å². The summed E-state index contributed by atoms with van der Waals surface area (Å²) in [7, 11) is 3.45. The number of nitrogens with one attached hydrogen (secondary N) is 3. The molecule has 1 aromatic carbocycles. The summed E-state index contributed by atoms with van der Waals surface area (Å²) in [6.07, 6.45) is 5.66. The number of hydrogen-bond donors (Lipinski definition) is 4. The van der Waals surface area contributed by atoms with Crippen LogP contribution in [0.3, 0.4) is 0 Å². The van der Waals surface area contributed by atoms with Crippen molar-refractivity contribution in [1.29, 1.82) is 0 Å². The normalized spacial score (nSPS) is 18.9. The first kappa shape index (κ1) is 23.7. The second-order valence-electron chi connectivity index (χ2n) is 9.19. The molecule has 34 heavy (non-hydrogen) atoms. The van der Waals surface area contributed by atoms with E-state index in [4.69, 9.17) is 10.7 Å². The van der Waals surface area contributed by atoms with Gasteiger partial charge in [0.1, 0.15) is 5.82 Å². The van der Waals surface area contributed by atoms with Gasteiger partial charge in [0.2, 0.25) is 0 Å². The van der Waals surface area contributed by atoms with Crippen LogP contribution in [0.2, 0.25) is 0 Å². The van der Waals surface area contributed by atoms with E-state index in [1.807, 2.05) is 12.1 Å². The maximum absolute atomic E-state index is 12.1. The van der Waals surface area contributed by atoms with Gasteiger partial charge in [-0.15, -0.1) is 0 Å². The van der Waals surface area contributed by atoms with Crippen LogP contribution in [0, 0.1) is 0 Å². The van der Waals surface area contributed by atoms with E-state index in [1.54, 1.807) is 20.3 Å². The van der Waals surface area contributed by atoms with Crippen LogP contribution >= 0.6 is 0 Å². The smallest absolute Gasteiger partial charge is 0.317 e. The average Bonchev–Trinajstić information content (AvgIpc) is 2.85. The molecule has 5 N–H and O–H groups in total. The van der Waals surface area contributed by atoms with Crippen LogP contribution < -0.4 is 26.6 Å². The summed E-state index contributed by atoms with van der Waals surface area (Å²) in [6.45, 7) is 3.51. The average molecular weight is 467 g/mol. The van der Waals surface area contributed by atoms with Crippen LogP contribution in [0.5, 0.6) is 0 Å². The number of rotatable bonds is 6. The Morgan fingerprint density at radius 1 is 1.15 bits per heavy atom. The fourth-order valence-corrected chi connectivity index (χ4v) is 4.54. The van der Waals surface area contributed by atoms with Crippen molar-refractivity contribution in [2.45, 2.75) is 37.6 Å². The second kappa shape index (κ2) is 10.7. The molecule has 0 spiro atoms. The summed E-state index contributed by atoms with van der Waals surface area (Å²) < 4.78 is 0. The molecule has 182 valence electrons. The van der Waals surface area contributed by atoms with Gasteiger partial charge in [0.05, 0.1) is 6.20 Å². The summed E-state index contributed by atoms with van der Waals surface area (Å²) >= 11 is 0. The van der Waals surface area contributed by atoms with Gasteiger partial charge in [0.25, 0.3) is 5.91 Å². The Labute approximate surface area is 200 Å². The van der Waals surface area contributed by atoms with Gasteiger partial charge < -0.3 is 31.5 Å². The van der Waals surface area contributed by atoms with Crippen LogP contribution in [0.1, 0.15) is 47.7 Å². The topological polar surface area (TPSA) is 129 Å². The molecule has 0 radical (unpaired) electrons. The molecule has 2 aliphatic rings. The summed E-state index contributed by atoms with van der Waals surface area (Å²) in [5.74, 6) is 0.906. The minimum absolute atomic E-state index is 0.0141. The number of urea groups is 1. The van der Waals surface area contributed by atoms with Crippen LogP contribution in [0.25, 0.3) is 0 Å². The SMILES string of the molecule is CN(C)C(=O)NC1CCCN(c2cnc(C(N)=O)c(Nc3ccc(C4CCNCC4)cc3)n2)C1. The Hall–Kier alpha value is -3.40. The van der Waals surface area contributed by atoms with Crippen molar-refractivity contribution in [1.82, 2.24) is 25.5 Å². The first-order valence-corrected chi connectivity index (χ1v) is 11.9. The molecule has 0 bridgehead atoms. The molecule has 10 heteroatoms. The number of nitrogens with zero attached hydrogens (tertiary/aromatic N) is 4. The number of primary amides is 1. The molecule has 2 fully saturated rings. The van der Waals surface area contributed by atoms with Gasteiger partial charge >= 0.3 is 6.03 Å². The fraction of sp³-hybridized carbons (Fsp3) is 0.500. The van der Waals surface area contributed by atoms with Crippen molar-refractivity contribution in [3.63, 3.8) is 0 Å². The minimum Gasteiger partial charge on any atom is -0.364 e. The van der Waals surface area contributed by atoms with Gasteiger partial charge in [0, 0.05) is 38.9 Å². The van der Waals surface area contributed by atoms with Crippen LogP contribution in [-0.4, -0.2) is 73.1 Å². The van der Waals surface area contributed by atoms with Gasteiger partial charge in [-0.05, 0) is 62.4 Å². The van der Waals surface area contributed by atoms with E-state index in [9.17, 15) is 9.59 Å². The Morgan fingerprint density at radius 3 is 2.56 bits per heavy atom. The molecule has 2 aliphatic heterocycles. The highest BCUT2D eigenvalue weighted by Gasteiger charge is 2.24. The molecule has 10 nitrogen and oxygen atoms in total. The molecule has 3 heterocycles. The standard InChI is InChI=1S/C24H34N8O2/c1-31(2)24(34)29-19-4-3-13-32(15-19)20-14-27-21(22(25)33)23(30-20)28-18-7-5-16(6-8-18)17-9-11-26-12-10-17/h5-8,14,17,19,26H,3-4,9-13,15H2,1-2H3,(H2,25,33)(H,28,30)(H,29,34). The number of aromatic nitrogens is 2. The van der Waals surface area contributed by atoms with Gasteiger partial charge in [-0.2, -0.15) is 0 Å². The number of hydrogen-bond acceptors (Lipinski definition) is 7. The largest absolute Gasteiger partial charge is 0.364 e. The van der Waals surface area contributed by atoms with Gasteiger partial charge in [-0.1, -0.05) is 12.1 Å². The summed E-state index contributed by atoms with van der Waals surface area (Å²) in [5, 5.41) is 9.67. The van der Waals surface area contributed by atoms with Crippen molar-refractivity contribution in [2.75, 3.05) is 50.5 Å². The third-order valence-electron chi connectivity index (χ3n) is 6.46. The van der Waals surface area contributed by atoms with Crippen molar-refractivity contribution in [3.8, 4) is 0 Å². The lowest BCUT2D eigenvalue weighted by atomic mass is 9.90. The molecular formula is C24H34N8O2. The number of anilines is 3. The Kier molecular flexibility index (Phi) is 7.46. The number of carbonyl (C=O) groups excluding carboxylic acids is 2. The zero-order chi connectivity index (χ0) is 24.1. The van der Waals surface area contributed by atoms with Crippen LogP contribution in [-0.2, 0) is 0 Å². The van der Waals surface area contributed by atoms with Crippen molar-refractivity contribution < 1.29 is 9.59 Å². The molecule has 2 saturated heterocycles. The molecular weight excluding hydrogens is 432 g/mol. The molecule has 0 saturated carbocycles. The van der Waals surface area contributed by atoms with E-state index in [2.05, 4.69) is 38.0 Å². The van der Waals surface area contributed by atoms with E-state index < -0.39 is 5.91 Å². The quantitative estimate of drug-likeness (QED) is 0.513. The Bertz CT molecular complexity index is 1000. The molecule has 1 atom stereocenters. The third kappa shape index (κ3) is 5.74. The maximum atomic E-state index is 12.1. The lowest BCUT2D eigenvalue weighted by Gasteiger charge is -2.34. The number of amides is 3. The zero-order valence-electron chi connectivity index (χ0n) is 19.9. The van der Waals surface area contributed by atoms with E-state index in [0.29, 0.717) is 24.1 Å². The van der Waals surface area contributed by atoms with Gasteiger partial charge in [0.15, 0.2) is 11.5 Å². The lowest BCUT2D eigenvalue weighted by molar-refractivity contribution is 0.0996. The molecule has 1 unspecified atom stereocenters. The zero-order valence-corrected chi connectivity index (χ0v) is 19.9. The number of carbonyl (C=O) groups is 2. The first-order valence-electron chi connectivity index (χ1n) is 11.9. The molecule has 4 rings (SSSR count). The van der Waals surface area contributed by atoms with Gasteiger partial charge in [-0.25, -0.2) is 14.8 Å². The predicted molar refractivity (Wildman–Crippen MR) is 133 cm³/mol. The summed E-state index contributed by atoms with van der Waals surface area (Å²) in [6, 6.07) is 8.16. The van der Waals surface area contributed by atoms with E-state index in [0.717, 1.165) is 51.0 Å². The van der Waals surface area contributed by atoms with E-state index >= 15 is 0 Å².